The molecule has 6 nitrogen and oxygen atoms in total. The average Bonchev–Trinajstić information content (AvgIpc) is 3.27. The summed E-state index contributed by atoms with van der Waals surface area (Å²) < 4.78 is 40.1. The molecule has 1 aliphatic heterocycles. The fourth-order valence-corrected chi connectivity index (χ4v) is 5.48. The van der Waals surface area contributed by atoms with Crippen molar-refractivity contribution in [2.45, 2.75) is 58.3 Å². The first-order valence-electron chi connectivity index (χ1n) is 12.3. The summed E-state index contributed by atoms with van der Waals surface area (Å²) in [7, 11) is 0. The van der Waals surface area contributed by atoms with Crippen molar-refractivity contribution >= 4 is 22.4 Å². The van der Waals surface area contributed by atoms with E-state index in [1.54, 1.807) is 13.0 Å². The monoisotopic (exact) mass is 494 g/mol. The number of rotatable bonds is 5. The summed E-state index contributed by atoms with van der Waals surface area (Å²) in [5.41, 5.74) is 10.2. The summed E-state index contributed by atoms with van der Waals surface area (Å²) in [6.07, 6.45) is -1.50. The maximum Gasteiger partial charge on any atom is 0.416 e. The second-order valence-corrected chi connectivity index (χ2v) is 10.0. The van der Waals surface area contributed by atoms with Gasteiger partial charge >= 0.3 is 6.18 Å². The van der Waals surface area contributed by atoms with Crippen molar-refractivity contribution in [2.24, 2.45) is 5.92 Å². The number of alkyl halides is 3. The molecule has 0 radical (unpaired) electrons. The van der Waals surface area contributed by atoms with Crippen molar-refractivity contribution in [1.29, 1.82) is 5.26 Å². The molecule has 2 heterocycles. The minimum atomic E-state index is -4.48. The average molecular weight is 495 g/mol. The number of fused-ring (bicyclic) bond motifs is 3. The minimum absolute atomic E-state index is 0.0661. The Hall–Kier alpha value is -3.38. The molecule has 1 fully saturated rings. The quantitative estimate of drug-likeness (QED) is 0.441. The van der Waals surface area contributed by atoms with Crippen LogP contribution in [-0.2, 0) is 19.0 Å². The van der Waals surface area contributed by atoms with Crippen LogP contribution in [0.15, 0.2) is 24.3 Å². The number of nitrogens with one attached hydrogen (secondary N) is 1. The number of nitrogen functional groups attached to an aromatic ring is 1. The molecule has 2 atom stereocenters. The molecule has 0 spiro atoms. The van der Waals surface area contributed by atoms with Gasteiger partial charge in [0.25, 0.3) is 0 Å². The zero-order valence-electron chi connectivity index (χ0n) is 20.6. The Morgan fingerprint density at radius 2 is 1.83 bits per heavy atom. The zero-order valence-corrected chi connectivity index (χ0v) is 20.6. The molecule has 36 heavy (non-hydrogen) atoms. The predicted molar refractivity (Wildman–Crippen MR) is 133 cm³/mol. The summed E-state index contributed by atoms with van der Waals surface area (Å²) in [6.45, 7) is 7.32. The zero-order chi connectivity index (χ0) is 25.8. The third-order valence-corrected chi connectivity index (χ3v) is 7.46. The Morgan fingerprint density at radius 3 is 2.53 bits per heavy atom. The van der Waals surface area contributed by atoms with E-state index >= 15 is 0 Å². The second kappa shape index (κ2) is 8.93. The molecule has 1 saturated heterocycles. The van der Waals surface area contributed by atoms with Gasteiger partial charge in [-0.25, -0.2) is 9.97 Å². The number of benzene rings is 2. The summed E-state index contributed by atoms with van der Waals surface area (Å²) in [5.74, 6) is 1.28. The number of halogens is 3. The van der Waals surface area contributed by atoms with Crippen LogP contribution in [0.4, 0.5) is 24.7 Å². The standard InChI is InChI=1S/C27H29F3N6/c1-14(18-7-19(27(28,29)30)9-20(32)8-18)33-26-24-10-23(15(2)36-12-17(11-31)13-36)21-5-4-6-22(21)25(24)34-16(3)35-26/h7-10,14-15,17H,4-6,12-13,32H2,1-3H3,(H,33,34,35)/t14-,15?/m1/s1. The molecule has 188 valence electrons. The van der Waals surface area contributed by atoms with E-state index < -0.39 is 17.8 Å². The van der Waals surface area contributed by atoms with E-state index in [-0.39, 0.29) is 17.6 Å². The number of aromatic nitrogens is 2. The Kier molecular flexibility index (Phi) is 6.03. The lowest BCUT2D eigenvalue weighted by Crippen LogP contribution is -2.47. The molecule has 9 heteroatoms. The molecule has 0 amide bonds. The number of hydrogen-bond acceptors (Lipinski definition) is 6. The van der Waals surface area contributed by atoms with Crippen molar-refractivity contribution in [1.82, 2.24) is 14.9 Å². The molecule has 0 saturated carbocycles. The summed E-state index contributed by atoms with van der Waals surface area (Å²) in [4.78, 5) is 11.7. The van der Waals surface area contributed by atoms with Crippen LogP contribution in [0.1, 0.15) is 66.0 Å². The predicted octanol–water partition coefficient (Wildman–Crippen LogP) is 5.72. The molecule has 3 N–H and O–H groups in total. The van der Waals surface area contributed by atoms with E-state index in [0.717, 1.165) is 55.4 Å². The fraction of sp³-hybridized carbons (Fsp3) is 0.444. The van der Waals surface area contributed by atoms with Gasteiger partial charge in [-0.3, -0.25) is 4.90 Å². The molecule has 1 aromatic heterocycles. The van der Waals surface area contributed by atoms with Crippen LogP contribution in [0.2, 0.25) is 0 Å². The van der Waals surface area contributed by atoms with Crippen LogP contribution in [0.5, 0.6) is 0 Å². The lowest BCUT2D eigenvalue weighted by molar-refractivity contribution is -0.137. The number of anilines is 2. The van der Waals surface area contributed by atoms with Crippen molar-refractivity contribution < 1.29 is 13.2 Å². The number of hydrogen-bond donors (Lipinski definition) is 2. The van der Waals surface area contributed by atoms with Crippen LogP contribution >= 0.6 is 0 Å². The van der Waals surface area contributed by atoms with Gasteiger partial charge in [-0.1, -0.05) is 0 Å². The van der Waals surface area contributed by atoms with Gasteiger partial charge in [0.1, 0.15) is 11.6 Å². The Labute approximate surface area is 208 Å². The van der Waals surface area contributed by atoms with E-state index in [0.29, 0.717) is 17.2 Å². The van der Waals surface area contributed by atoms with Crippen molar-refractivity contribution in [2.75, 3.05) is 24.1 Å². The maximum absolute atomic E-state index is 13.4. The van der Waals surface area contributed by atoms with Gasteiger partial charge in [0.05, 0.1) is 29.1 Å². The van der Waals surface area contributed by atoms with E-state index in [2.05, 4.69) is 34.3 Å². The highest BCUT2D eigenvalue weighted by atomic mass is 19.4. The minimum Gasteiger partial charge on any atom is -0.399 e. The smallest absolute Gasteiger partial charge is 0.399 e. The Morgan fingerprint density at radius 1 is 1.11 bits per heavy atom. The molecule has 1 aliphatic carbocycles. The molecule has 3 aromatic rings. The summed E-state index contributed by atoms with van der Waals surface area (Å²) >= 11 is 0. The van der Waals surface area contributed by atoms with Gasteiger partial charge in [0.15, 0.2) is 0 Å². The van der Waals surface area contributed by atoms with Crippen molar-refractivity contribution in [3.63, 3.8) is 0 Å². The van der Waals surface area contributed by atoms with E-state index in [1.807, 2.05) is 6.92 Å². The van der Waals surface area contributed by atoms with Gasteiger partial charge < -0.3 is 11.1 Å². The molecule has 0 bridgehead atoms. The highest BCUT2D eigenvalue weighted by Gasteiger charge is 2.34. The molecule has 5 rings (SSSR count). The van der Waals surface area contributed by atoms with Gasteiger partial charge in [0, 0.05) is 30.2 Å². The van der Waals surface area contributed by atoms with Crippen molar-refractivity contribution in [3.05, 3.63) is 57.9 Å². The molecule has 2 aromatic carbocycles. The van der Waals surface area contributed by atoms with Gasteiger partial charge in [-0.2, -0.15) is 18.4 Å². The van der Waals surface area contributed by atoms with Gasteiger partial charge in [-0.15, -0.1) is 0 Å². The largest absolute Gasteiger partial charge is 0.416 e. The highest BCUT2D eigenvalue weighted by Crippen LogP contribution is 2.41. The summed E-state index contributed by atoms with van der Waals surface area (Å²) in [6, 6.07) is 7.80. The third-order valence-electron chi connectivity index (χ3n) is 7.46. The van der Waals surface area contributed by atoms with Crippen molar-refractivity contribution in [3.8, 4) is 6.07 Å². The first-order chi connectivity index (χ1) is 17.0. The van der Waals surface area contributed by atoms with Crippen LogP contribution in [0, 0.1) is 24.2 Å². The highest BCUT2D eigenvalue weighted by molar-refractivity contribution is 5.93. The van der Waals surface area contributed by atoms with Crippen LogP contribution < -0.4 is 11.1 Å². The molecular weight excluding hydrogens is 465 g/mol. The number of nitriles is 1. The normalized spacial score (nSPS) is 17.9. The molecule has 2 aliphatic rings. The van der Waals surface area contributed by atoms with E-state index in [9.17, 15) is 18.4 Å². The number of likely N-dealkylation sites (tertiary alicyclic amines) is 1. The number of aryl methyl sites for hydroxylation is 2. The second-order valence-electron chi connectivity index (χ2n) is 10.0. The lowest BCUT2D eigenvalue weighted by atomic mass is 9.90. The van der Waals surface area contributed by atoms with Gasteiger partial charge in [-0.05, 0) is 86.6 Å². The molecular formula is C27H29F3N6. The number of nitrogens with two attached hydrogens (primary N) is 1. The number of nitrogens with zero attached hydrogens (tertiary/aromatic N) is 4. The Bertz CT molecular complexity index is 1370. The SMILES string of the molecule is Cc1nc(N[C@H](C)c2cc(N)cc(C(F)(F)F)c2)c2cc(C(C)N3CC(C#N)C3)c3c(c2n1)CCC3. The maximum atomic E-state index is 13.4. The first-order valence-corrected chi connectivity index (χ1v) is 12.3. The summed E-state index contributed by atoms with van der Waals surface area (Å²) in [5, 5.41) is 13.4. The Balaban J connectivity index is 1.56. The topological polar surface area (TPSA) is 90.9 Å². The van der Waals surface area contributed by atoms with E-state index in [1.165, 1.54) is 16.7 Å². The fourth-order valence-electron chi connectivity index (χ4n) is 5.48. The lowest BCUT2D eigenvalue weighted by Gasteiger charge is -2.41. The molecule has 1 unspecified atom stereocenters. The van der Waals surface area contributed by atoms with Crippen LogP contribution in [0.25, 0.3) is 10.9 Å². The van der Waals surface area contributed by atoms with Crippen LogP contribution in [0.3, 0.4) is 0 Å². The first kappa shape index (κ1) is 24.3. The van der Waals surface area contributed by atoms with E-state index in [4.69, 9.17) is 10.7 Å². The van der Waals surface area contributed by atoms with Crippen LogP contribution in [-0.4, -0.2) is 28.0 Å². The third kappa shape index (κ3) is 4.35. The van der Waals surface area contributed by atoms with Gasteiger partial charge in [0.2, 0.25) is 0 Å².